The highest BCUT2D eigenvalue weighted by molar-refractivity contribution is 7.10. The Hall–Kier alpha value is -2.42. The minimum absolute atomic E-state index is 0.00172. The number of carbonyl (C=O) groups excluding carboxylic acids is 3. The minimum Gasteiger partial charge on any atom is -0.384 e. The number of amides is 3. The van der Waals surface area contributed by atoms with Gasteiger partial charge in [-0.25, -0.2) is 0 Å². The Morgan fingerprint density at radius 3 is 2.92 bits per heavy atom. The molecule has 4 unspecified atom stereocenters. The number of hydrogen-bond donors (Lipinski definition) is 4. The van der Waals surface area contributed by atoms with Crippen LogP contribution in [0.5, 0.6) is 0 Å². The molecule has 1 aliphatic heterocycles. The van der Waals surface area contributed by atoms with Crippen molar-refractivity contribution >= 4 is 35.4 Å². The number of nitrogens with two attached hydrogens (primary N) is 1. The van der Waals surface area contributed by atoms with E-state index in [2.05, 4.69) is 17.6 Å². The molecule has 0 aromatic carbocycles. The molecule has 25 heavy (non-hydrogen) atoms. The van der Waals surface area contributed by atoms with Gasteiger partial charge in [-0.3, -0.25) is 19.8 Å². The summed E-state index contributed by atoms with van der Waals surface area (Å²) < 4.78 is 0. The molecule has 2 aliphatic rings. The molecule has 1 aromatic heterocycles. The van der Waals surface area contributed by atoms with Crippen molar-refractivity contribution in [3.63, 3.8) is 0 Å². The molecule has 2 heterocycles. The summed E-state index contributed by atoms with van der Waals surface area (Å²) in [5, 5.41) is 14.4. The smallest absolute Gasteiger partial charge is 0.243 e. The lowest BCUT2D eigenvalue weighted by Crippen LogP contribution is -2.50. The van der Waals surface area contributed by atoms with E-state index in [1.165, 1.54) is 11.3 Å². The molecule has 1 saturated carbocycles. The van der Waals surface area contributed by atoms with Crippen molar-refractivity contribution < 1.29 is 14.4 Å². The van der Waals surface area contributed by atoms with Gasteiger partial charge in [0.1, 0.15) is 11.9 Å². The molecule has 5 N–H and O–H groups in total. The number of fused-ring (bicyclic) bond motifs is 1. The topological polar surface area (TPSA) is 128 Å². The summed E-state index contributed by atoms with van der Waals surface area (Å²) in [6.45, 7) is 2.33. The first-order valence-corrected chi connectivity index (χ1v) is 8.99. The second kappa shape index (κ2) is 6.83. The summed E-state index contributed by atoms with van der Waals surface area (Å²) in [7, 11) is 0. The molecule has 9 heteroatoms. The van der Waals surface area contributed by atoms with Crippen LogP contribution in [-0.2, 0) is 20.9 Å². The van der Waals surface area contributed by atoms with Crippen LogP contribution in [0, 0.1) is 17.2 Å². The molecule has 3 amide bonds. The fraction of sp³-hybridized carbons (Fsp3) is 0.500. The minimum atomic E-state index is -0.487. The molecule has 3 rings (SSSR count). The van der Waals surface area contributed by atoms with Gasteiger partial charge >= 0.3 is 0 Å². The first-order valence-electron chi connectivity index (χ1n) is 8.11. The number of nitrogens with one attached hydrogen (secondary N) is 3. The average Bonchev–Trinajstić information content (AvgIpc) is 3.02. The van der Waals surface area contributed by atoms with E-state index in [0.717, 1.165) is 4.88 Å². The number of hydrogen-bond acceptors (Lipinski definition) is 5. The molecule has 1 aliphatic carbocycles. The highest BCUT2D eigenvalue weighted by Gasteiger charge is 2.61. The number of likely N-dealkylation sites (tertiary alicyclic amines) is 1. The van der Waals surface area contributed by atoms with E-state index in [0.29, 0.717) is 36.8 Å². The van der Waals surface area contributed by atoms with Crippen LogP contribution in [0.1, 0.15) is 23.8 Å². The number of nitrogens with zero attached hydrogens (tertiary/aromatic N) is 1. The fourth-order valence-electron chi connectivity index (χ4n) is 3.62. The van der Waals surface area contributed by atoms with E-state index in [1.807, 2.05) is 0 Å². The zero-order chi connectivity index (χ0) is 18.1. The lowest BCUT2D eigenvalue weighted by atomic mass is 10.1. The molecule has 0 spiro atoms. The second-order valence-electron chi connectivity index (χ2n) is 6.50. The van der Waals surface area contributed by atoms with Gasteiger partial charge in [0, 0.05) is 21.9 Å². The second-order valence-corrected chi connectivity index (χ2v) is 7.49. The van der Waals surface area contributed by atoms with Crippen LogP contribution in [0.3, 0.4) is 0 Å². The fourth-order valence-corrected chi connectivity index (χ4v) is 4.44. The molecule has 2 fully saturated rings. The summed E-state index contributed by atoms with van der Waals surface area (Å²) in [4.78, 5) is 37.9. The standard InChI is InChI=1S/C16H21N5O3S/c1-8-11-3-12(21(14(8)11)13(23)5-19-7-22)16(24)20-4-10-2-9(6-25-10)15(17)18/h2,6-8,11-12,14H,3-5H2,1H3,(H3,17,18)(H,19,22)(H,20,24). The maximum absolute atomic E-state index is 12.6. The van der Waals surface area contributed by atoms with Crippen LogP contribution in [-0.4, -0.2) is 47.6 Å². The molecule has 0 radical (unpaired) electrons. The van der Waals surface area contributed by atoms with Crippen molar-refractivity contribution in [1.82, 2.24) is 15.5 Å². The van der Waals surface area contributed by atoms with Gasteiger partial charge in [0.2, 0.25) is 18.2 Å². The predicted molar refractivity (Wildman–Crippen MR) is 92.9 cm³/mol. The maximum atomic E-state index is 12.6. The predicted octanol–water partition coefficient (Wildman–Crippen LogP) is -0.370. The normalized spacial score (nSPS) is 26.7. The van der Waals surface area contributed by atoms with Gasteiger partial charge in [-0.1, -0.05) is 6.92 Å². The number of carbonyl (C=O) groups is 3. The third-order valence-electron chi connectivity index (χ3n) is 4.99. The zero-order valence-corrected chi connectivity index (χ0v) is 14.6. The molecule has 1 aromatic rings. The van der Waals surface area contributed by atoms with Crippen molar-refractivity contribution in [2.75, 3.05) is 6.54 Å². The average molecular weight is 363 g/mol. The Kier molecular flexibility index (Phi) is 4.76. The summed E-state index contributed by atoms with van der Waals surface area (Å²) in [5.74, 6) is 0.357. The van der Waals surface area contributed by atoms with E-state index >= 15 is 0 Å². The Morgan fingerprint density at radius 2 is 2.28 bits per heavy atom. The van der Waals surface area contributed by atoms with Crippen LogP contribution >= 0.6 is 11.3 Å². The van der Waals surface area contributed by atoms with Gasteiger partial charge in [-0.2, -0.15) is 0 Å². The van der Waals surface area contributed by atoms with Gasteiger partial charge in [-0.15, -0.1) is 11.3 Å². The van der Waals surface area contributed by atoms with Crippen LogP contribution < -0.4 is 16.4 Å². The monoisotopic (exact) mass is 363 g/mol. The lowest BCUT2D eigenvalue weighted by Gasteiger charge is -2.27. The maximum Gasteiger partial charge on any atom is 0.243 e. The summed E-state index contributed by atoms with van der Waals surface area (Å²) in [6.07, 6.45) is 1.15. The van der Waals surface area contributed by atoms with Crippen molar-refractivity contribution in [1.29, 1.82) is 5.41 Å². The Morgan fingerprint density at radius 1 is 1.52 bits per heavy atom. The number of nitrogen functional groups attached to an aromatic ring is 1. The van der Waals surface area contributed by atoms with E-state index in [-0.39, 0.29) is 30.2 Å². The number of rotatable bonds is 7. The van der Waals surface area contributed by atoms with Gasteiger partial charge in [0.05, 0.1) is 13.1 Å². The van der Waals surface area contributed by atoms with E-state index < -0.39 is 6.04 Å². The Bertz CT molecular complexity index is 718. The molecule has 8 nitrogen and oxygen atoms in total. The largest absolute Gasteiger partial charge is 0.384 e. The van der Waals surface area contributed by atoms with Gasteiger partial charge < -0.3 is 21.3 Å². The summed E-state index contributed by atoms with van der Waals surface area (Å²) in [5.41, 5.74) is 6.08. The van der Waals surface area contributed by atoms with Crippen molar-refractivity contribution in [2.45, 2.75) is 32.0 Å². The van der Waals surface area contributed by atoms with Crippen molar-refractivity contribution in [3.8, 4) is 0 Å². The number of thiophene rings is 1. The quantitative estimate of drug-likeness (QED) is 0.299. The van der Waals surface area contributed by atoms with E-state index in [9.17, 15) is 14.4 Å². The molecule has 4 atom stereocenters. The van der Waals surface area contributed by atoms with Gasteiger partial charge in [0.25, 0.3) is 0 Å². The van der Waals surface area contributed by atoms with Crippen LogP contribution in [0.4, 0.5) is 0 Å². The van der Waals surface area contributed by atoms with Crippen molar-refractivity contribution in [2.24, 2.45) is 17.6 Å². The van der Waals surface area contributed by atoms with E-state index in [1.54, 1.807) is 16.3 Å². The SMILES string of the molecule is CC1C2CC(C(=O)NCc3cc(C(=N)N)cs3)N(C(=O)CNC=O)C12. The third kappa shape index (κ3) is 3.37. The van der Waals surface area contributed by atoms with Crippen LogP contribution in [0.2, 0.25) is 0 Å². The van der Waals surface area contributed by atoms with Gasteiger partial charge in [0.15, 0.2) is 0 Å². The molecule has 0 bridgehead atoms. The lowest BCUT2D eigenvalue weighted by molar-refractivity contribution is -0.139. The molecule has 134 valence electrons. The summed E-state index contributed by atoms with van der Waals surface area (Å²) >= 11 is 1.43. The number of amidine groups is 1. The van der Waals surface area contributed by atoms with Crippen LogP contribution in [0.15, 0.2) is 11.4 Å². The molecular weight excluding hydrogens is 342 g/mol. The van der Waals surface area contributed by atoms with Gasteiger partial charge in [-0.05, 0) is 24.3 Å². The molecule has 1 saturated heterocycles. The zero-order valence-electron chi connectivity index (χ0n) is 13.8. The first-order chi connectivity index (χ1) is 11.9. The van der Waals surface area contributed by atoms with Crippen molar-refractivity contribution in [3.05, 3.63) is 21.9 Å². The number of piperidine rings is 1. The first kappa shape index (κ1) is 17.4. The highest BCUT2D eigenvalue weighted by atomic mass is 32.1. The Balaban J connectivity index is 1.61. The Labute approximate surface area is 149 Å². The third-order valence-corrected chi connectivity index (χ3v) is 5.93. The highest BCUT2D eigenvalue weighted by Crippen LogP contribution is 2.53. The summed E-state index contributed by atoms with van der Waals surface area (Å²) in [6, 6.07) is 1.39. The van der Waals surface area contributed by atoms with E-state index in [4.69, 9.17) is 11.1 Å². The van der Waals surface area contributed by atoms with Crippen LogP contribution in [0.25, 0.3) is 0 Å². The molecular formula is C16H21N5O3S.